The smallest absolute Gasteiger partial charge is 0.0631 e. The lowest BCUT2D eigenvalue weighted by Gasteiger charge is -2.36. The average Bonchev–Trinajstić information content (AvgIpc) is 2.84. The normalized spacial score (nSPS) is 38.6. The van der Waals surface area contributed by atoms with Crippen molar-refractivity contribution in [3.05, 3.63) is 11.6 Å². The van der Waals surface area contributed by atoms with Crippen molar-refractivity contribution in [2.75, 3.05) is 19.6 Å². The van der Waals surface area contributed by atoms with Gasteiger partial charge in [0.2, 0.25) is 0 Å². The summed E-state index contributed by atoms with van der Waals surface area (Å²) in [4.78, 5) is 2.80. The SMILES string of the molecule is CCCCN1C(C2=CCN[C@@H](C)C2)CC2CCCNC21. The number of likely N-dealkylation sites (tertiary alicyclic amines) is 1. The Morgan fingerprint density at radius 2 is 2.25 bits per heavy atom. The molecule has 3 heteroatoms. The first-order valence-electron chi connectivity index (χ1n) is 8.71. The number of nitrogens with one attached hydrogen (secondary N) is 2. The summed E-state index contributed by atoms with van der Waals surface area (Å²) in [7, 11) is 0. The summed E-state index contributed by atoms with van der Waals surface area (Å²) < 4.78 is 0. The van der Waals surface area contributed by atoms with Crippen molar-refractivity contribution >= 4 is 0 Å². The molecule has 3 nitrogen and oxygen atoms in total. The molecule has 0 amide bonds. The van der Waals surface area contributed by atoms with Crippen LogP contribution in [0.3, 0.4) is 0 Å². The molecule has 114 valence electrons. The fourth-order valence-electron chi connectivity index (χ4n) is 4.36. The third-order valence-corrected chi connectivity index (χ3v) is 5.41. The summed E-state index contributed by atoms with van der Waals surface area (Å²) in [5.41, 5.74) is 1.71. The highest BCUT2D eigenvalue weighted by atomic mass is 15.3. The lowest BCUT2D eigenvalue weighted by molar-refractivity contribution is 0.138. The van der Waals surface area contributed by atoms with E-state index in [1.165, 1.54) is 51.6 Å². The van der Waals surface area contributed by atoms with E-state index in [1.807, 2.05) is 0 Å². The van der Waals surface area contributed by atoms with Crippen LogP contribution >= 0.6 is 0 Å². The second kappa shape index (κ2) is 6.59. The molecule has 20 heavy (non-hydrogen) atoms. The zero-order chi connectivity index (χ0) is 13.9. The van der Waals surface area contributed by atoms with Crippen LogP contribution in [-0.4, -0.2) is 42.8 Å². The second-order valence-electron chi connectivity index (χ2n) is 6.94. The highest BCUT2D eigenvalue weighted by Crippen LogP contribution is 2.38. The van der Waals surface area contributed by atoms with Crippen molar-refractivity contribution in [2.45, 2.75) is 70.6 Å². The van der Waals surface area contributed by atoms with E-state index in [-0.39, 0.29) is 0 Å². The quantitative estimate of drug-likeness (QED) is 0.773. The summed E-state index contributed by atoms with van der Waals surface area (Å²) in [6.07, 6.45) is 11.2. The molecule has 0 aromatic rings. The van der Waals surface area contributed by atoms with Gasteiger partial charge in [-0.3, -0.25) is 4.90 Å². The summed E-state index contributed by atoms with van der Waals surface area (Å²) in [6, 6.07) is 1.37. The van der Waals surface area contributed by atoms with Crippen LogP contribution in [0.4, 0.5) is 0 Å². The predicted octanol–water partition coefficient (Wildman–Crippen LogP) is 2.49. The molecule has 0 spiro atoms. The van der Waals surface area contributed by atoms with Gasteiger partial charge in [0.1, 0.15) is 0 Å². The number of nitrogens with zero attached hydrogens (tertiary/aromatic N) is 1. The van der Waals surface area contributed by atoms with Gasteiger partial charge < -0.3 is 10.6 Å². The van der Waals surface area contributed by atoms with E-state index >= 15 is 0 Å². The van der Waals surface area contributed by atoms with Gasteiger partial charge in [0.25, 0.3) is 0 Å². The number of unbranched alkanes of at least 4 members (excludes halogenated alkanes) is 1. The zero-order valence-corrected chi connectivity index (χ0v) is 13.2. The molecule has 0 aromatic carbocycles. The van der Waals surface area contributed by atoms with Crippen molar-refractivity contribution in [1.82, 2.24) is 15.5 Å². The van der Waals surface area contributed by atoms with Gasteiger partial charge in [-0.25, -0.2) is 0 Å². The molecular weight excluding hydrogens is 246 g/mol. The Balaban J connectivity index is 1.75. The Morgan fingerprint density at radius 3 is 3.05 bits per heavy atom. The molecular formula is C17H31N3. The Labute approximate surface area is 124 Å². The van der Waals surface area contributed by atoms with Gasteiger partial charge in [-0.1, -0.05) is 25.0 Å². The Hall–Kier alpha value is -0.380. The molecule has 2 saturated heterocycles. The summed E-state index contributed by atoms with van der Waals surface area (Å²) in [5.74, 6) is 0.886. The Morgan fingerprint density at radius 1 is 1.35 bits per heavy atom. The van der Waals surface area contributed by atoms with Crippen LogP contribution in [0.15, 0.2) is 11.6 Å². The molecule has 3 rings (SSSR count). The second-order valence-corrected chi connectivity index (χ2v) is 6.94. The molecule has 0 radical (unpaired) electrons. The molecule has 3 aliphatic rings. The maximum atomic E-state index is 3.80. The minimum Gasteiger partial charge on any atom is -0.310 e. The molecule has 0 saturated carbocycles. The lowest BCUT2D eigenvalue weighted by Crippen LogP contribution is -2.50. The van der Waals surface area contributed by atoms with Crippen molar-refractivity contribution < 1.29 is 0 Å². The number of hydrogen-bond donors (Lipinski definition) is 2. The van der Waals surface area contributed by atoms with Gasteiger partial charge in [-0.2, -0.15) is 0 Å². The van der Waals surface area contributed by atoms with Crippen molar-refractivity contribution in [3.8, 4) is 0 Å². The minimum atomic E-state index is 0.651. The zero-order valence-electron chi connectivity index (χ0n) is 13.2. The first-order chi connectivity index (χ1) is 9.79. The highest BCUT2D eigenvalue weighted by Gasteiger charge is 2.43. The van der Waals surface area contributed by atoms with Crippen LogP contribution in [0.25, 0.3) is 0 Å². The third kappa shape index (κ3) is 2.95. The molecule has 3 aliphatic heterocycles. The van der Waals surface area contributed by atoms with Crippen LogP contribution in [0, 0.1) is 5.92 Å². The van der Waals surface area contributed by atoms with Crippen molar-refractivity contribution in [2.24, 2.45) is 5.92 Å². The summed E-state index contributed by atoms with van der Waals surface area (Å²) in [5, 5.41) is 7.35. The molecule has 0 aromatic heterocycles. The number of piperidine rings is 1. The Kier molecular flexibility index (Phi) is 4.79. The Bertz CT molecular complexity index is 352. The summed E-state index contributed by atoms with van der Waals surface area (Å²) >= 11 is 0. The lowest BCUT2D eigenvalue weighted by atomic mass is 9.90. The maximum Gasteiger partial charge on any atom is 0.0631 e. The first-order valence-corrected chi connectivity index (χ1v) is 8.71. The number of hydrogen-bond acceptors (Lipinski definition) is 3. The molecule has 4 atom stereocenters. The van der Waals surface area contributed by atoms with Crippen LogP contribution in [0.2, 0.25) is 0 Å². The number of fused-ring (bicyclic) bond motifs is 1. The van der Waals surface area contributed by atoms with E-state index in [0.29, 0.717) is 18.2 Å². The van der Waals surface area contributed by atoms with Crippen LogP contribution in [0.5, 0.6) is 0 Å². The minimum absolute atomic E-state index is 0.651. The first kappa shape index (κ1) is 14.6. The van der Waals surface area contributed by atoms with Gasteiger partial charge in [-0.05, 0) is 51.5 Å². The highest BCUT2D eigenvalue weighted by molar-refractivity contribution is 5.20. The van der Waals surface area contributed by atoms with E-state index in [1.54, 1.807) is 5.57 Å². The molecule has 0 aliphatic carbocycles. The van der Waals surface area contributed by atoms with Gasteiger partial charge >= 0.3 is 0 Å². The standard InChI is InChI=1S/C17H31N3/c1-3-4-10-20-16(14-7-9-18-13(2)11-14)12-15-6-5-8-19-17(15)20/h7,13,15-19H,3-6,8-12H2,1-2H3/t13-,15?,16?,17?/m0/s1. The van der Waals surface area contributed by atoms with Gasteiger partial charge in [0.15, 0.2) is 0 Å². The van der Waals surface area contributed by atoms with Crippen LogP contribution < -0.4 is 10.6 Å². The molecule has 0 bridgehead atoms. The van der Waals surface area contributed by atoms with Gasteiger partial charge in [-0.15, -0.1) is 0 Å². The third-order valence-electron chi connectivity index (χ3n) is 5.41. The molecule has 2 fully saturated rings. The van der Waals surface area contributed by atoms with E-state index in [4.69, 9.17) is 0 Å². The topological polar surface area (TPSA) is 27.3 Å². The number of rotatable bonds is 4. The fraction of sp³-hybridized carbons (Fsp3) is 0.882. The van der Waals surface area contributed by atoms with E-state index in [2.05, 4.69) is 35.5 Å². The van der Waals surface area contributed by atoms with Crippen molar-refractivity contribution in [3.63, 3.8) is 0 Å². The molecule has 3 heterocycles. The van der Waals surface area contributed by atoms with E-state index < -0.39 is 0 Å². The monoisotopic (exact) mass is 277 g/mol. The van der Waals surface area contributed by atoms with E-state index in [9.17, 15) is 0 Å². The molecule has 3 unspecified atom stereocenters. The van der Waals surface area contributed by atoms with E-state index in [0.717, 1.165) is 12.5 Å². The average molecular weight is 277 g/mol. The largest absolute Gasteiger partial charge is 0.310 e. The predicted molar refractivity (Wildman–Crippen MR) is 84.7 cm³/mol. The van der Waals surface area contributed by atoms with Gasteiger partial charge in [0.05, 0.1) is 6.17 Å². The summed E-state index contributed by atoms with van der Waals surface area (Å²) in [6.45, 7) is 8.19. The van der Waals surface area contributed by atoms with Crippen molar-refractivity contribution in [1.29, 1.82) is 0 Å². The fourth-order valence-corrected chi connectivity index (χ4v) is 4.36. The molecule has 2 N–H and O–H groups in total. The van der Waals surface area contributed by atoms with Crippen LogP contribution in [-0.2, 0) is 0 Å². The van der Waals surface area contributed by atoms with Crippen LogP contribution in [0.1, 0.15) is 52.4 Å². The maximum absolute atomic E-state index is 3.80. The van der Waals surface area contributed by atoms with Gasteiger partial charge in [0, 0.05) is 25.2 Å².